The number of esters is 1. The molecule has 0 saturated carbocycles. The van der Waals surface area contributed by atoms with E-state index in [0.29, 0.717) is 13.2 Å². The number of carbonyl (C=O) groups is 1. The predicted octanol–water partition coefficient (Wildman–Crippen LogP) is 3.47. The Morgan fingerprint density at radius 2 is 1.78 bits per heavy atom. The van der Waals surface area contributed by atoms with Crippen LogP contribution in [0.5, 0.6) is 0 Å². The summed E-state index contributed by atoms with van der Waals surface area (Å²) in [6, 6.07) is 19.6. The van der Waals surface area contributed by atoms with Crippen LogP contribution in [0.3, 0.4) is 0 Å². The largest absolute Gasteiger partial charge is 0.493 e. The van der Waals surface area contributed by atoms with Crippen molar-refractivity contribution in [3.05, 3.63) is 84.4 Å². The van der Waals surface area contributed by atoms with E-state index in [1.165, 1.54) is 6.26 Å². The summed E-state index contributed by atoms with van der Waals surface area (Å²) in [4.78, 5) is 12.2. The molecule has 1 aromatic heterocycles. The molecule has 0 atom stereocenters. The molecule has 0 bridgehead atoms. The maximum absolute atomic E-state index is 12.2. The molecule has 0 aliphatic carbocycles. The molecule has 0 spiro atoms. The van der Waals surface area contributed by atoms with Gasteiger partial charge >= 0.3 is 5.97 Å². The zero-order valence-electron chi connectivity index (χ0n) is 14.6. The molecule has 2 aromatic carbocycles. The van der Waals surface area contributed by atoms with E-state index < -0.39 is 5.97 Å². The molecule has 3 aromatic rings. The zero-order chi connectivity index (χ0) is 18.5. The molecule has 136 valence electrons. The summed E-state index contributed by atoms with van der Waals surface area (Å²) in [6.07, 6.45) is 3.16. The van der Waals surface area contributed by atoms with Crippen molar-refractivity contribution in [1.29, 1.82) is 0 Å². The summed E-state index contributed by atoms with van der Waals surface area (Å²) in [5.41, 5.74) is 3.45. The molecule has 4 rings (SSSR count). The van der Waals surface area contributed by atoms with E-state index in [4.69, 9.17) is 19.3 Å². The molecule has 6 nitrogen and oxygen atoms in total. The molecular formula is C21H18N2O4. The molecule has 6 heteroatoms. The quantitative estimate of drug-likeness (QED) is 0.651. The smallest absolute Gasteiger partial charge is 0.377 e. The molecule has 27 heavy (non-hydrogen) atoms. The second kappa shape index (κ2) is 7.78. The van der Waals surface area contributed by atoms with Gasteiger partial charge in [0, 0.05) is 17.3 Å². The fraction of sp³-hybridized carbons (Fsp3) is 0.143. The SMILES string of the molecule is O=C(OCc1cn(-c2ccccc2)nc1-c1ccccc1)C1=COCCO1. The minimum Gasteiger partial charge on any atom is -0.493 e. The monoisotopic (exact) mass is 362 g/mol. The van der Waals surface area contributed by atoms with Crippen molar-refractivity contribution in [2.45, 2.75) is 6.61 Å². The van der Waals surface area contributed by atoms with Gasteiger partial charge in [-0.3, -0.25) is 0 Å². The van der Waals surface area contributed by atoms with Gasteiger partial charge in [0.05, 0.1) is 11.4 Å². The first-order valence-electron chi connectivity index (χ1n) is 8.62. The molecule has 0 radical (unpaired) electrons. The highest BCUT2D eigenvalue weighted by atomic mass is 16.6. The van der Waals surface area contributed by atoms with Gasteiger partial charge in [-0.15, -0.1) is 0 Å². The number of ether oxygens (including phenoxy) is 3. The topological polar surface area (TPSA) is 62.6 Å². The highest BCUT2D eigenvalue weighted by Gasteiger charge is 2.19. The van der Waals surface area contributed by atoms with Gasteiger partial charge < -0.3 is 14.2 Å². The lowest BCUT2D eigenvalue weighted by molar-refractivity contribution is -0.145. The Morgan fingerprint density at radius 1 is 1.04 bits per heavy atom. The third-order valence-corrected chi connectivity index (χ3v) is 4.07. The number of carbonyl (C=O) groups excluding carboxylic acids is 1. The summed E-state index contributed by atoms with van der Waals surface area (Å²) in [5.74, 6) is -0.473. The average Bonchev–Trinajstić information content (AvgIpc) is 3.18. The number of nitrogens with zero attached hydrogens (tertiary/aromatic N) is 2. The van der Waals surface area contributed by atoms with Gasteiger partial charge in [-0.1, -0.05) is 48.5 Å². The third kappa shape index (κ3) is 3.84. The van der Waals surface area contributed by atoms with E-state index in [2.05, 4.69) is 0 Å². The molecule has 0 unspecified atom stereocenters. The lowest BCUT2D eigenvalue weighted by atomic mass is 10.1. The Hall–Kier alpha value is -3.54. The highest BCUT2D eigenvalue weighted by Crippen LogP contribution is 2.24. The standard InChI is InChI=1S/C21H18N2O4/c24-21(19-15-25-11-12-26-19)27-14-17-13-23(18-9-5-2-6-10-18)22-20(17)16-7-3-1-4-8-16/h1-10,13,15H,11-12,14H2. The van der Waals surface area contributed by atoms with E-state index in [1.807, 2.05) is 66.9 Å². The van der Waals surface area contributed by atoms with Gasteiger partial charge in [0.2, 0.25) is 5.76 Å². The van der Waals surface area contributed by atoms with E-state index in [-0.39, 0.29) is 12.4 Å². The molecule has 0 amide bonds. The number of benzene rings is 2. The van der Waals surface area contributed by atoms with Crippen LogP contribution in [0, 0.1) is 0 Å². The van der Waals surface area contributed by atoms with Gasteiger partial charge in [-0.05, 0) is 12.1 Å². The van der Waals surface area contributed by atoms with Gasteiger partial charge in [-0.25, -0.2) is 9.48 Å². The van der Waals surface area contributed by atoms with Crippen LogP contribution < -0.4 is 0 Å². The van der Waals surface area contributed by atoms with Crippen molar-refractivity contribution in [3.8, 4) is 16.9 Å². The first-order valence-corrected chi connectivity index (χ1v) is 8.62. The van der Waals surface area contributed by atoms with Crippen molar-refractivity contribution >= 4 is 5.97 Å². The third-order valence-electron chi connectivity index (χ3n) is 4.07. The molecule has 2 heterocycles. The van der Waals surface area contributed by atoms with Crippen LogP contribution in [-0.4, -0.2) is 29.0 Å². The second-order valence-electron chi connectivity index (χ2n) is 5.93. The Kier molecular flexibility index (Phi) is 4.87. The number of aromatic nitrogens is 2. The number of rotatable bonds is 5. The first-order chi connectivity index (χ1) is 13.3. The summed E-state index contributed by atoms with van der Waals surface area (Å²) >= 11 is 0. The van der Waals surface area contributed by atoms with Crippen molar-refractivity contribution in [3.63, 3.8) is 0 Å². The van der Waals surface area contributed by atoms with Crippen LogP contribution >= 0.6 is 0 Å². The van der Waals surface area contributed by atoms with Crippen molar-refractivity contribution < 1.29 is 19.0 Å². The zero-order valence-corrected chi connectivity index (χ0v) is 14.6. The maximum Gasteiger partial charge on any atom is 0.377 e. The summed E-state index contributed by atoms with van der Waals surface area (Å²) < 4.78 is 17.6. The van der Waals surface area contributed by atoms with E-state index in [0.717, 1.165) is 22.5 Å². The van der Waals surface area contributed by atoms with Crippen LogP contribution in [0.4, 0.5) is 0 Å². The van der Waals surface area contributed by atoms with Crippen LogP contribution in [-0.2, 0) is 25.6 Å². The minimum atomic E-state index is -0.554. The van der Waals surface area contributed by atoms with Crippen molar-refractivity contribution in [1.82, 2.24) is 9.78 Å². The Bertz CT molecular complexity index is 949. The van der Waals surface area contributed by atoms with Gasteiger partial charge in [-0.2, -0.15) is 5.10 Å². The fourth-order valence-electron chi connectivity index (χ4n) is 2.76. The first kappa shape index (κ1) is 16.9. The molecule has 0 N–H and O–H groups in total. The van der Waals surface area contributed by atoms with Crippen LogP contribution in [0.25, 0.3) is 16.9 Å². The number of hydrogen-bond donors (Lipinski definition) is 0. The van der Waals surface area contributed by atoms with Crippen LogP contribution in [0.1, 0.15) is 5.56 Å². The normalized spacial score (nSPS) is 13.3. The minimum absolute atomic E-state index is 0.0800. The van der Waals surface area contributed by atoms with Crippen LogP contribution in [0.15, 0.2) is 78.9 Å². The fourth-order valence-corrected chi connectivity index (χ4v) is 2.76. The molecule has 0 fully saturated rings. The molecule has 1 aliphatic heterocycles. The lowest BCUT2D eigenvalue weighted by Crippen LogP contribution is -2.17. The van der Waals surface area contributed by atoms with Gasteiger partial charge in [0.25, 0.3) is 0 Å². The Morgan fingerprint density at radius 3 is 2.48 bits per heavy atom. The summed E-state index contributed by atoms with van der Waals surface area (Å²) in [6.45, 7) is 0.845. The summed E-state index contributed by atoms with van der Waals surface area (Å²) in [7, 11) is 0. The molecular weight excluding hydrogens is 344 g/mol. The maximum atomic E-state index is 12.2. The van der Waals surface area contributed by atoms with Crippen molar-refractivity contribution in [2.75, 3.05) is 13.2 Å². The number of hydrogen-bond acceptors (Lipinski definition) is 5. The molecule has 0 saturated heterocycles. The average molecular weight is 362 g/mol. The van der Waals surface area contributed by atoms with Gasteiger partial charge in [0.15, 0.2) is 0 Å². The highest BCUT2D eigenvalue weighted by molar-refractivity contribution is 5.86. The van der Waals surface area contributed by atoms with E-state index >= 15 is 0 Å². The predicted molar refractivity (Wildman–Crippen MR) is 98.8 cm³/mol. The van der Waals surface area contributed by atoms with E-state index in [9.17, 15) is 4.79 Å². The Labute approximate surface area is 156 Å². The summed E-state index contributed by atoms with van der Waals surface area (Å²) in [5, 5.41) is 4.70. The number of para-hydroxylation sites is 1. The van der Waals surface area contributed by atoms with Gasteiger partial charge in [0.1, 0.15) is 26.1 Å². The van der Waals surface area contributed by atoms with Crippen LogP contribution in [0.2, 0.25) is 0 Å². The molecule has 1 aliphatic rings. The second-order valence-corrected chi connectivity index (χ2v) is 5.93. The lowest BCUT2D eigenvalue weighted by Gasteiger charge is -2.14. The Balaban J connectivity index is 1.61. The van der Waals surface area contributed by atoms with Crippen molar-refractivity contribution in [2.24, 2.45) is 0 Å². The van der Waals surface area contributed by atoms with E-state index in [1.54, 1.807) is 4.68 Å².